The van der Waals surface area contributed by atoms with E-state index in [2.05, 4.69) is 10.4 Å². The van der Waals surface area contributed by atoms with Gasteiger partial charge in [-0.2, -0.15) is 5.10 Å². The topological polar surface area (TPSA) is 88.1 Å². The number of nitrogens with zero attached hydrogens (tertiary/aromatic N) is 2. The minimum absolute atomic E-state index is 0.00705. The molecule has 3 rings (SSSR count). The van der Waals surface area contributed by atoms with Crippen molar-refractivity contribution in [1.29, 1.82) is 0 Å². The van der Waals surface area contributed by atoms with Crippen LogP contribution in [0.15, 0.2) is 59.7 Å². The third-order valence-electron chi connectivity index (χ3n) is 5.19. The fourth-order valence-corrected chi connectivity index (χ4v) is 3.34. The average molecular weight is 436 g/mol. The molecular weight excluding hydrogens is 406 g/mol. The van der Waals surface area contributed by atoms with Crippen molar-refractivity contribution in [2.45, 2.75) is 39.0 Å². The maximum Gasteiger partial charge on any atom is 0.306 e. The number of esters is 1. The van der Waals surface area contributed by atoms with E-state index < -0.39 is 5.97 Å². The SMILES string of the molecule is Cc1ccc(CCC(=O)NCCOC(=O)CCC(=O)N2CCC(c3ccccc3)=N2)cc1. The molecule has 0 bridgehead atoms. The van der Waals surface area contributed by atoms with Gasteiger partial charge in [0.25, 0.3) is 0 Å². The number of benzene rings is 2. The van der Waals surface area contributed by atoms with E-state index in [1.807, 2.05) is 61.5 Å². The lowest BCUT2D eigenvalue weighted by Crippen LogP contribution is -2.28. The van der Waals surface area contributed by atoms with Crippen LogP contribution in [-0.2, 0) is 25.5 Å². The second-order valence-electron chi connectivity index (χ2n) is 7.74. The number of hydrazone groups is 1. The summed E-state index contributed by atoms with van der Waals surface area (Å²) >= 11 is 0. The van der Waals surface area contributed by atoms with Gasteiger partial charge in [-0.05, 0) is 24.5 Å². The summed E-state index contributed by atoms with van der Waals surface area (Å²) < 4.78 is 5.11. The van der Waals surface area contributed by atoms with Gasteiger partial charge in [0.15, 0.2) is 0 Å². The highest BCUT2D eigenvalue weighted by atomic mass is 16.5. The van der Waals surface area contributed by atoms with E-state index in [1.54, 1.807) is 0 Å². The first-order valence-electron chi connectivity index (χ1n) is 10.9. The molecule has 0 fully saturated rings. The van der Waals surface area contributed by atoms with Crippen molar-refractivity contribution < 1.29 is 19.1 Å². The predicted octanol–water partition coefficient (Wildman–Crippen LogP) is 3.00. The maximum atomic E-state index is 12.3. The molecule has 0 saturated carbocycles. The molecule has 0 radical (unpaired) electrons. The Bertz CT molecular complexity index is 955. The van der Waals surface area contributed by atoms with Gasteiger partial charge in [-0.1, -0.05) is 60.2 Å². The van der Waals surface area contributed by atoms with Crippen LogP contribution in [-0.4, -0.2) is 48.2 Å². The summed E-state index contributed by atoms with van der Waals surface area (Å²) in [5, 5.41) is 8.54. The van der Waals surface area contributed by atoms with Gasteiger partial charge in [0, 0.05) is 19.3 Å². The molecular formula is C25H29N3O4. The Morgan fingerprint density at radius 1 is 1.00 bits per heavy atom. The third kappa shape index (κ3) is 7.34. The van der Waals surface area contributed by atoms with E-state index >= 15 is 0 Å². The molecule has 32 heavy (non-hydrogen) atoms. The Morgan fingerprint density at radius 3 is 2.50 bits per heavy atom. The van der Waals surface area contributed by atoms with Crippen molar-refractivity contribution in [2.24, 2.45) is 5.10 Å². The van der Waals surface area contributed by atoms with Crippen LogP contribution in [0.4, 0.5) is 0 Å². The number of amides is 2. The molecule has 2 amide bonds. The first kappa shape index (κ1) is 23.2. The van der Waals surface area contributed by atoms with Crippen molar-refractivity contribution in [3.05, 3.63) is 71.3 Å². The second-order valence-corrected chi connectivity index (χ2v) is 7.74. The molecule has 0 unspecified atom stereocenters. The highest BCUT2D eigenvalue weighted by molar-refractivity contribution is 6.02. The lowest BCUT2D eigenvalue weighted by molar-refractivity contribution is -0.146. The molecule has 168 valence electrons. The summed E-state index contributed by atoms with van der Waals surface area (Å²) in [6.07, 6.45) is 1.79. The molecule has 0 atom stereocenters. The van der Waals surface area contributed by atoms with Crippen LogP contribution >= 0.6 is 0 Å². The van der Waals surface area contributed by atoms with Gasteiger partial charge in [-0.3, -0.25) is 14.4 Å². The standard InChI is InChI=1S/C25H29N3O4/c1-19-7-9-20(10-8-19)11-12-23(29)26-16-18-32-25(31)14-13-24(30)28-17-15-22(27-28)21-5-3-2-4-6-21/h2-10H,11-18H2,1H3,(H,26,29). The minimum Gasteiger partial charge on any atom is -0.464 e. The zero-order valence-electron chi connectivity index (χ0n) is 18.4. The van der Waals surface area contributed by atoms with E-state index in [0.29, 0.717) is 25.8 Å². The number of hydrogen-bond donors (Lipinski definition) is 1. The molecule has 1 N–H and O–H groups in total. The van der Waals surface area contributed by atoms with E-state index in [-0.39, 0.29) is 37.8 Å². The zero-order valence-corrected chi connectivity index (χ0v) is 18.4. The number of nitrogens with one attached hydrogen (secondary N) is 1. The van der Waals surface area contributed by atoms with Gasteiger partial charge in [-0.15, -0.1) is 0 Å². The highest BCUT2D eigenvalue weighted by Crippen LogP contribution is 2.15. The van der Waals surface area contributed by atoms with Gasteiger partial charge < -0.3 is 10.1 Å². The van der Waals surface area contributed by atoms with Crippen molar-refractivity contribution in [3.63, 3.8) is 0 Å². The molecule has 1 aliphatic rings. The number of ether oxygens (including phenoxy) is 1. The molecule has 0 aromatic heterocycles. The predicted molar refractivity (Wildman–Crippen MR) is 122 cm³/mol. The lowest BCUT2D eigenvalue weighted by Gasteiger charge is -2.11. The van der Waals surface area contributed by atoms with Gasteiger partial charge in [0.2, 0.25) is 11.8 Å². The average Bonchev–Trinajstić information content (AvgIpc) is 3.31. The van der Waals surface area contributed by atoms with E-state index in [9.17, 15) is 14.4 Å². The Labute approximate surface area is 188 Å². The third-order valence-corrected chi connectivity index (χ3v) is 5.19. The van der Waals surface area contributed by atoms with Gasteiger partial charge in [-0.25, -0.2) is 5.01 Å². The fraction of sp³-hybridized carbons (Fsp3) is 0.360. The Balaban J connectivity index is 1.27. The van der Waals surface area contributed by atoms with Crippen LogP contribution in [0.5, 0.6) is 0 Å². The van der Waals surface area contributed by atoms with Crippen molar-refractivity contribution >= 4 is 23.5 Å². The van der Waals surface area contributed by atoms with Crippen LogP contribution < -0.4 is 5.32 Å². The summed E-state index contributed by atoms with van der Waals surface area (Å²) in [6, 6.07) is 17.8. The number of aryl methyl sites for hydroxylation is 2. The molecule has 7 nitrogen and oxygen atoms in total. The summed E-state index contributed by atoms with van der Waals surface area (Å²) in [5.41, 5.74) is 4.18. The number of rotatable bonds is 10. The molecule has 2 aromatic rings. The smallest absolute Gasteiger partial charge is 0.306 e. The molecule has 0 aliphatic carbocycles. The number of hydrogen-bond acceptors (Lipinski definition) is 5. The molecule has 2 aromatic carbocycles. The van der Waals surface area contributed by atoms with Gasteiger partial charge >= 0.3 is 5.97 Å². The maximum absolute atomic E-state index is 12.3. The molecule has 1 heterocycles. The first-order chi connectivity index (χ1) is 15.5. The van der Waals surface area contributed by atoms with E-state index in [0.717, 1.165) is 16.8 Å². The molecule has 1 aliphatic heterocycles. The van der Waals surface area contributed by atoms with Gasteiger partial charge in [0.1, 0.15) is 6.61 Å². The van der Waals surface area contributed by atoms with E-state index in [1.165, 1.54) is 10.6 Å². The number of carbonyl (C=O) groups is 3. The van der Waals surface area contributed by atoms with Crippen LogP contribution in [0.25, 0.3) is 0 Å². The quantitative estimate of drug-likeness (QED) is 0.459. The normalized spacial score (nSPS) is 12.9. The summed E-state index contributed by atoms with van der Waals surface area (Å²) in [5.74, 6) is -0.742. The zero-order chi connectivity index (χ0) is 22.8. The van der Waals surface area contributed by atoms with Crippen molar-refractivity contribution in [3.8, 4) is 0 Å². The van der Waals surface area contributed by atoms with Crippen LogP contribution in [0, 0.1) is 6.92 Å². The second kappa shape index (κ2) is 11.8. The van der Waals surface area contributed by atoms with Gasteiger partial charge in [0.05, 0.1) is 25.2 Å². The largest absolute Gasteiger partial charge is 0.464 e. The number of carbonyl (C=O) groups excluding carboxylic acids is 3. The molecule has 0 saturated heterocycles. The highest BCUT2D eigenvalue weighted by Gasteiger charge is 2.22. The lowest BCUT2D eigenvalue weighted by atomic mass is 10.1. The fourth-order valence-electron chi connectivity index (χ4n) is 3.34. The first-order valence-corrected chi connectivity index (χ1v) is 10.9. The summed E-state index contributed by atoms with van der Waals surface area (Å²) in [4.78, 5) is 36.1. The van der Waals surface area contributed by atoms with Crippen molar-refractivity contribution in [1.82, 2.24) is 10.3 Å². The van der Waals surface area contributed by atoms with Crippen molar-refractivity contribution in [2.75, 3.05) is 19.7 Å². The summed E-state index contributed by atoms with van der Waals surface area (Å²) in [6.45, 7) is 2.88. The van der Waals surface area contributed by atoms with Crippen LogP contribution in [0.3, 0.4) is 0 Å². The van der Waals surface area contributed by atoms with Crippen LogP contribution in [0.2, 0.25) is 0 Å². The molecule has 0 spiro atoms. The monoisotopic (exact) mass is 435 g/mol. The minimum atomic E-state index is -0.460. The molecule has 7 heteroatoms. The Hall–Kier alpha value is -3.48. The Morgan fingerprint density at radius 2 is 1.75 bits per heavy atom. The Kier molecular flexibility index (Phi) is 8.54. The van der Waals surface area contributed by atoms with Crippen LogP contribution in [0.1, 0.15) is 42.4 Å². The van der Waals surface area contributed by atoms with E-state index in [4.69, 9.17) is 4.74 Å². The summed E-state index contributed by atoms with van der Waals surface area (Å²) in [7, 11) is 0.